The molecule has 0 bridgehead atoms. The minimum atomic E-state index is -4.06. The molecule has 0 spiro atoms. The molecule has 0 radical (unpaired) electrons. The van der Waals surface area contributed by atoms with Gasteiger partial charge in [-0.2, -0.15) is 8.42 Å². The van der Waals surface area contributed by atoms with Crippen molar-refractivity contribution in [1.82, 2.24) is 4.90 Å². The van der Waals surface area contributed by atoms with Crippen molar-refractivity contribution in [1.29, 1.82) is 0 Å². The predicted octanol–water partition coefficient (Wildman–Crippen LogP) is 5.04. The predicted molar refractivity (Wildman–Crippen MR) is 123 cm³/mol. The molecule has 1 amide bonds. The Kier molecular flexibility index (Phi) is 7.71. The molecule has 3 aromatic carbocycles. The van der Waals surface area contributed by atoms with Crippen LogP contribution in [0.1, 0.15) is 36.2 Å². The number of ether oxygens (including phenoxy) is 1. The highest BCUT2D eigenvalue weighted by Crippen LogP contribution is 2.24. The Morgan fingerprint density at radius 3 is 2.33 bits per heavy atom. The van der Waals surface area contributed by atoms with E-state index in [-0.39, 0.29) is 28.8 Å². The molecule has 174 valence electrons. The molecule has 0 aromatic heterocycles. The molecule has 0 aliphatic heterocycles. The van der Waals surface area contributed by atoms with Crippen LogP contribution in [0.5, 0.6) is 11.5 Å². The smallest absolute Gasteiger partial charge is 0.339 e. The second-order valence-electron chi connectivity index (χ2n) is 7.53. The molecular weight excluding hydrogens is 445 g/mol. The van der Waals surface area contributed by atoms with Gasteiger partial charge < -0.3 is 13.8 Å². The number of carbonyl (C=O) groups is 1. The van der Waals surface area contributed by atoms with Crippen molar-refractivity contribution in [3.63, 3.8) is 0 Å². The fourth-order valence-electron chi connectivity index (χ4n) is 3.25. The zero-order valence-electron chi connectivity index (χ0n) is 18.7. The molecule has 3 aromatic rings. The molecule has 6 nitrogen and oxygen atoms in total. The Bertz CT molecular complexity index is 1210. The lowest BCUT2D eigenvalue weighted by atomic mass is 10.1. The summed E-state index contributed by atoms with van der Waals surface area (Å²) >= 11 is 0. The quantitative estimate of drug-likeness (QED) is 0.409. The molecule has 33 heavy (non-hydrogen) atoms. The van der Waals surface area contributed by atoms with Crippen LogP contribution in [0.2, 0.25) is 0 Å². The summed E-state index contributed by atoms with van der Waals surface area (Å²) in [7, 11) is -2.56. The largest absolute Gasteiger partial charge is 0.497 e. The molecule has 8 heteroatoms. The van der Waals surface area contributed by atoms with Crippen molar-refractivity contribution in [3.05, 3.63) is 89.7 Å². The van der Waals surface area contributed by atoms with E-state index in [2.05, 4.69) is 0 Å². The van der Waals surface area contributed by atoms with Crippen molar-refractivity contribution in [2.75, 3.05) is 7.11 Å². The first-order valence-electron chi connectivity index (χ1n) is 10.5. The third kappa shape index (κ3) is 5.90. The third-order valence-electron chi connectivity index (χ3n) is 5.29. The van der Waals surface area contributed by atoms with Crippen molar-refractivity contribution in [3.8, 4) is 11.5 Å². The first-order valence-corrected chi connectivity index (χ1v) is 11.9. The number of methoxy groups -OCH3 is 1. The van der Waals surface area contributed by atoms with E-state index in [1.165, 1.54) is 55.6 Å². The van der Waals surface area contributed by atoms with Crippen LogP contribution in [0.15, 0.2) is 77.7 Å². The second-order valence-corrected chi connectivity index (χ2v) is 9.08. The number of halogens is 1. The zero-order valence-corrected chi connectivity index (χ0v) is 19.5. The standard InChI is InChI=1S/C25H26FNO5S/c1-4-18(2)27(25(28)23-10-5-6-11-24(23)26)17-19-8-7-9-21(16-19)32-33(29,30)22-14-12-20(31-3)13-15-22/h5-16,18H,4,17H2,1-3H3/t18-/m0/s1. The van der Waals surface area contributed by atoms with Gasteiger partial charge in [0.25, 0.3) is 5.91 Å². The van der Waals surface area contributed by atoms with Gasteiger partial charge >= 0.3 is 10.1 Å². The van der Waals surface area contributed by atoms with Gasteiger partial charge in [-0.25, -0.2) is 4.39 Å². The zero-order chi connectivity index (χ0) is 24.0. The molecule has 0 unspecified atom stereocenters. The Hall–Kier alpha value is -3.39. The van der Waals surface area contributed by atoms with Crippen LogP contribution >= 0.6 is 0 Å². The molecule has 0 saturated carbocycles. The first kappa shape index (κ1) is 24.3. The van der Waals surface area contributed by atoms with Gasteiger partial charge in [0.05, 0.1) is 12.7 Å². The first-order chi connectivity index (χ1) is 15.7. The number of amides is 1. The number of nitrogens with zero attached hydrogens (tertiary/aromatic N) is 1. The Morgan fingerprint density at radius 2 is 1.70 bits per heavy atom. The van der Waals surface area contributed by atoms with Crippen LogP contribution in [-0.2, 0) is 16.7 Å². The van der Waals surface area contributed by atoms with E-state index in [1.807, 2.05) is 13.8 Å². The molecule has 0 aliphatic carbocycles. The molecular formula is C25H26FNO5S. The van der Waals surface area contributed by atoms with Crippen molar-refractivity contribution >= 4 is 16.0 Å². The van der Waals surface area contributed by atoms with Gasteiger partial charge in [-0.1, -0.05) is 31.2 Å². The Labute approximate surface area is 193 Å². The van der Waals surface area contributed by atoms with Crippen molar-refractivity contribution < 1.29 is 26.5 Å². The van der Waals surface area contributed by atoms with Gasteiger partial charge in [0.15, 0.2) is 0 Å². The third-order valence-corrected chi connectivity index (χ3v) is 6.55. The minimum Gasteiger partial charge on any atom is -0.497 e. The SMILES string of the molecule is CC[C@H](C)N(Cc1cccc(OS(=O)(=O)c2ccc(OC)cc2)c1)C(=O)c1ccccc1F. The summed E-state index contributed by atoms with van der Waals surface area (Å²) < 4.78 is 49.9. The topological polar surface area (TPSA) is 72.9 Å². The maximum absolute atomic E-state index is 14.2. The number of hydrogen-bond donors (Lipinski definition) is 0. The molecule has 0 fully saturated rings. The van der Waals surface area contributed by atoms with E-state index in [0.717, 1.165) is 0 Å². The highest BCUT2D eigenvalue weighted by atomic mass is 32.2. The summed E-state index contributed by atoms with van der Waals surface area (Å²) in [6, 6.07) is 18.0. The lowest BCUT2D eigenvalue weighted by Crippen LogP contribution is -2.38. The van der Waals surface area contributed by atoms with Gasteiger partial charge in [-0.15, -0.1) is 0 Å². The molecule has 1 atom stereocenters. The number of benzene rings is 3. The highest BCUT2D eigenvalue weighted by molar-refractivity contribution is 7.87. The maximum Gasteiger partial charge on any atom is 0.339 e. The van der Waals surface area contributed by atoms with E-state index in [4.69, 9.17) is 8.92 Å². The number of hydrogen-bond acceptors (Lipinski definition) is 5. The normalized spacial score (nSPS) is 12.1. The molecule has 0 heterocycles. The van der Waals surface area contributed by atoms with E-state index >= 15 is 0 Å². The summed E-state index contributed by atoms with van der Waals surface area (Å²) in [5, 5.41) is 0. The fourth-order valence-corrected chi connectivity index (χ4v) is 4.17. The average molecular weight is 472 g/mol. The monoisotopic (exact) mass is 471 g/mol. The molecule has 0 saturated heterocycles. The van der Waals surface area contributed by atoms with Gasteiger partial charge in [0.2, 0.25) is 0 Å². The lowest BCUT2D eigenvalue weighted by Gasteiger charge is -2.29. The number of carbonyl (C=O) groups excluding carboxylic acids is 1. The molecule has 0 N–H and O–H groups in total. The highest BCUT2D eigenvalue weighted by Gasteiger charge is 2.24. The second kappa shape index (κ2) is 10.5. The summed E-state index contributed by atoms with van der Waals surface area (Å²) in [6.07, 6.45) is 0.669. The Balaban J connectivity index is 1.83. The molecule has 3 rings (SSSR count). The van der Waals surface area contributed by atoms with E-state index in [1.54, 1.807) is 29.2 Å². The lowest BCUT2D eigenvalue weighted by molar-refractivity contribution is 0.0666. The van der Waals surface area contributed by atoms with Crippen LogP contribution in [0.4, 0.5) is 4.39 Å². The van der Waals surface area contributed by atoms with Crippen LogP contribution in [0.3, 0.4) is 0 Å². The summed E-state index contributed by atoms with van der Waals surface area (Å²) in [5.74, 6) is -0.371. The summed E-state index contributed by atoms with van der Waals surface area (Å²) in [4.78, 5) is 14.6. The van der Waals surface area contributed by atoms with Crippen molar-refractivity contribution in [2.24, 2.45) is 0 Å². The van der Waals surface area contributed by atoms with Gasteiger partial charge in [0.1, 0.15) is 22.2 Å². The van der Waals surface area contributed by atoms with Gasteiger partial charge in [-0.05, 0) is 67.4 Å². The number of rotatable bonds is 9. The van der Waals surface area contributed by atoms with E-state index in [0.29, 0.717) is 17.7 Å². The summed E-state index contributed by atoms with van der Waals surface area (Å²) in [6.45, 7) is 3.99. The minimum absolute atomic E-state index is 0.00714. The Morgan fingerprint density at radius 1 is 1.00 bits per heavy atom. The summed E-state index contributed by atoms with van der Waals surface area (Å²) in [5.41, 5.74) is 0.648. The van der Waals surface area contributed by atoms with E-state index < -0.39 is 21.8 Å². The van der Waals surface area contributed by atoms with Gasteiger partial charge in [0, 0.05) is 12.6 Å². The van der Waals surface area contributed by atoms with Gasteiger partial charge in [-0.3, -0.25) is 4.79 Å². The fraction of sp³-hybridized carbons (Fsp3) is 0.240. The average Bonchev–Trinajstić information content (AvgIpc) is 2.82. The van der Waals surface area contributed by atoms with E-state index in [9.17, 15) is 17.6 Å². The van der Waals surface area contributed by atoms with Crippen molar-refractivity contribution in [2.45, 2.75) is 37.8 Å². The van der Waals surface area contributed by atoms with Crippen LogP contribution in [-0.4, -0.2) is 32.4 Å². The molecule has 0 aliphatic rings. The maximum atomic E-state index is 14.2. The van der Waals surface area contributed by atoms with Crippen LogP contribution < -0.4 is 8.92 Å². The van der Waals surface area contributed by atoms with Crippen LogP contribution in [0.25, 0.3) is 0 Å². The van der Waals surface area contributed by atoms with Crippen LogP contribution in [0, 0.1) is 5.82 Å².